The van der Waals surface area contributed by atoms with Gasteiger partial charge in [0.2, 0.25) is 5.95 Å². The van der Waals surface area contributed by atoms with Gasteiger partial charge in [0.25, 0.3) is 0 Å². The molecule has 1 saturated heterocycles. The van der Waals surface area contributed by atoms with Crippen molar-refractivity contribution < 1.29 is 5.11 Å². The van der Waals surface area contributed by atoms with E-state index < -0.39 is 0 Å². The fourth-order valence-corrected chi connectivity index (χ4v) is 1.49. The quantitative estimate of drug-likeness (QED) is 0.657. The number of anilines is 1. The van der Waals surface area contributed by atoms with Crippen molar-refractivity contribution in [2.45, 2.75) is 6.61 Å². The second kappa shape index (κ2) is 4.34. The molecule has 0 bridgehead atoms. The third kappa shape index (κ3) is 2.00. The third-order valence-electron chi connectivity index (χ3n) is 2.26. The predicted molar refractivity (Wildman–Crippen MR) is 53.0 cm³/mol. The molecule has 0 atom stereocenters. The number of nitrogens with one attached hydrogen (secondary N) is 1. The molecule has 0 spiro atoms. The van der Waals surface area contributed by atoms with E-state index in [1.165, 1.54) is 0 Å². The molecular weight excluding hydrogens is 180 g/mol. The van der Waals surface area contributed by atoms with Gasteiger partial charge in [0.1, 0.15) is 0 Å². The molecule has 14 heavy (non-hydrogen) atoms. The summed E-state index contributed by atoms with van der Waals surface area (Å²) in [6.07, 6.45) is 1.69. The first kappa shape index (κ1) is 9.36. The van der Waals surface area contributed by atoms with Gasteiger partial charge in [-0.15, -0.1) is 0 Å². The van der Waals surface area contributed by atoms with Crippen molar-refractivity contribution in [1.82, 2.24) is 15.3 Å². The van der Waals surface area contributed by atoms with Crippen LogP contribution in [0.4, 0.5) is 5.95 Å². The van der Waals surface area contributed by atoms with Crippen molar-refractivity contribution in [3.63, 3.8) is 0 Å². The van der Waals surface area contributed by atoms with E-state index in [4.69, 9.17) is 5.11 Å². The molecule has 0 unspecified atom stereocenters. The zero-order valence-corrected chi connectivity index (χ0v) is 7.98. The lowest BCUT2D eigenvalue weighted by Gasteiger charge is -2.27. The Morgan fingerprint density at radius 1 is 1.43 bits per heavy atom. The first-order valence-corrected chi connectivity index (χ1v) is 4.78. The van der Waals surface area contributed by atoms with Crippen LogP contribution in [0.1, 0.15) is 5.69 Å². The standard InChI is InChI=1S/C9H14N4O/c14-7-8-1-2-11-9(12-8)13-5-3-10-4-6-13/h1-2,10,14H,3-7H2. The Bertz CT molecular complexity index is 299. The molecule has 5 heteroatoms. The van der Waals surface area contributed by atoms with Crippen LogP contribution in [0.25, 0.3) is 0 Å². The summed E-state index contributed by atoms with van der Waals surface area (Å²) >= 11 is 0. The molecule has 5 nitrogen and oxygen atoms in total. The number of aliphatic hydroxyl groups is 1. The average molecular weight is 194 g/mol. The van der Waals surface area contributed by atoms with E-state index in [1.54, 1.807) is 12.3 Å². The lowest BCUT2D eigenvalue weighted by Crippen LogP contribution is -2.44. The summed E-state index contributed by atoms with van der Waals surface area (Å²) in [5.41, 5.74) is 0.675. The molecule has 1 aliphatic rings. The van der Waals surface area contributed by atoms with Crippen molar-refractivity contribution in [2.75, 3.05) is 31.1 Å². The fourth-order valence-electron chi connectivity index (χ4n) is 1.49. The maximum atomic E-state index is 8.94. The minimum absolute atomic E-state index is 0.0262. The van der Waals surface area contributed by atoms with Crippen molar-refractivity contribution in [2.24, 2.45) is 0 Å². The highest BCUT2D eigenvalue weighted by molar-refractivity contribution is 5.30. The Balaban J connectivity index is 2.13. The van der Waals surface area contributed by atoms with Crippen molar-refractivity contribution >= 4 is 5.95 Å². The highest BCUT2D eigenvalue weighted by atomic mass is 16.3. The van der Waals surface area contributed by atoms with Crippen molar-refractivity contribution in [3.8, 4) is 0 Å². The summed E-state index contributed by atoms with van der Waals surface area (Å²) in [5, 5.41) is 12.2. The van der Waals surface area contributed by atoms with Crippen LogP contribution in [-0.2, 0) is 6.61 Å². The monoisotopic (exact) mass is 194 g/mol. The van der Waals surface area contributed by atoms with Crippen LogP contribution in [0, 0.1) is 0 Å². The second-order valence-corrected chi connectivity index (χ2v) is 3.24. The van der Waals surface area contributed by atoms with Gasteiger partial charge in [0.15, 0.2) is 0 Å². The number of nitrogens with zero attached hydrogens (tertiary/aromatic N) is 3. The first-order chi connectivity index (χ1) is 6.90. The van der Waals surface area contributed by atoms with Gasteiger partial charge in [-0.25, -0.2) is 9.97 Å². The smallest absolute Gasteiger partial charge is 0.225 e. The normalized spacial score (nSPS) is 17.1. The lowest BCUT2D eigenvalue weighted by molar-refractivity contribution is 0.276. The third-order valence-corrected chi connectivity index (χ3v) is 2.26. The van der Waals surface area contributed by atoms with E-state index >= 15 is 0 Å². The topological polar surface area (TPSA) is 61.3 Å². The summed E-state index contributed by atoms with van der Waals surface area (Å²) in [6.45, 7) is 3.75. The summed E-state index contributed by atoms with van der Waals surface area (Å²) in [4.78, 5) is 10.6. The van der Waals surface area contributed by atoms with E-state index in [-0.39, 0.29) is 6.61 Å². The molecule has 1 aliphatic heterocycles. The molecule has 0 aliphatic carbocycles. The average Bonchev–Trinajstić information content (AvgIpc) is 2.30. The van der Waals surface area contributed by atoms with Gasteiger partial charge in [-0.2, -0.15) is 0 Å². The van der Waals surface area contributed by atoms with Crippen molar-refractivity contribution in [3.05, 3.63) is 18.0 Å². The summed E-state index contributed by atoms with van der Waals surface area (Å²) in [7, 11) is 0. The van der Waals surface area contributed by atoms with Gasteiger partial charge < -0.3 is 15.3 Å². The van der Waals surface area contributed by atoms with E-state index in [0.717, 1.165) is 32.1 Å². The minimum Gasteiger partial charge on any atom is -0.390 e. The molecule has 0 aromatic carbocycles. The largest absolute Gasteiger partial charge is 0.390 e. The minimum atomic E-state index is -0.0262. The van der Waals surface area contributed by atoms with Crippen LogP contribution < -0.4 is 10.2 Å². The highest BCUT2D eigenvalue weighted by Crippen LogP contribution is 2.07. The van der Waals surface area contributed by atoms with Gasteiger partial charge in [-0.05, 0) is 6.07 Å². The Morgan fingerprint density at radius 3 is 2.93 bits per heavy atom. The molecule has 0 amide bonds. The van der Waals surface area contributed by atoms with Crippen LogP contribution in [0.5, 0.6) is 0 Å². The molecule has 1 aromatic heterocycles. The number of rotatable bonds is 2. The SMILES string of the molecule is OCc1ccnc(N2CCNCC2)n1. The molecular formula is C9H14N4O. The summed E-state index contributed by atoms with van der Waals surface area (Å²) in [6, 6.07) is 1.73. The van der Waals surface area contributed by atoms with Crippen LogP contribution in [0.15, 0.2) is 12.3 Å². The van der Waals surface area contributed by atoms with E-state index in [9.17, 15) is 0 Å². The molecule has 1 aromatic rings. The maximum Gasteiger partial charge on any atom is 0.225 e. The molecule has 0 radical (unpaired) electrons. The van der Waals surface area contributed by atoms with Crippen LogP contribution >= 0.6 is 0 Å². The molecule has 0 saturated carbocycles. The Kier molecular flexibility index (Phi) is 2.90. The van der Waals surface area contributed by atoms with Crippen LogP contribution in [0.2, 0.25) is 0 Å². The molecule has 1 fully saturated rings. The Labute approximate surface area is 82.8 Å². The first-order valence-electron chi connectivity index (χ1n) is 4.78. The molecule has 76 valence electrons. The molecule has 2 heterocycles. The number of aromatic nitrogens is 2. The lowest BCUT2D eigenvalue weighted by atomic mass is 10.4. The van der Waals surface area contributed by atoms with Gasteiger partial charge >= 0.3 is 0 Å². The zero-order valence-electron chi connectivity index (χ0n) is 7.98. The van der Waals surface area contributed by atoms with Crippen molar-refractivity contribution in [1.29, 1.82) is 0 Å². The van der Waals surface area contributed by atoms with Gasteiger partial charge in [-0.1, -0.05) is 0 Å². The zero-order chi connectivity index (χ0) is 9.80. The predicted octanol–water partition coefficient (Wildman–Crippen LogP) is -0.621. The summed E-state index contributed by atoms with van der Waals surface area (Å²) < 4.78 is 0. The number of piperazine rings is 1. The second-order valence-electron chi connectivity index (χ2n) is 3.24. The number of hydrogen-bond donors (Lipinski definition) is 2. The van der Waals surface area contributed by atoms with Crippen LogP contribution in [-0.4, -0.2) is 41.3 Å². The van der Waals surface area contributed by atoms with E-state index in [1.807, 2.05) is 0 Å². The van der Waals surface area contributed by atoms with Crippen LogP contribution in [0.3, 0.4) is 0 Å². The summed E-state index contributed by atoms with van der Waals surface area (Å²) in [5.74, 6) is 0.720. The molecule has 2 rings (SSSR count). The Morgan fingerprint density at radius 2 is 2.21 bits per heavy atom. The van der Waals surface area contributed by atoms with Gasteiger partial charge in [-0.3, -0.25) is 0 Å². The molecule has 2 N–H and O–H groups in total. The van der Waals surface area contributed by atoms with Gasteiger partial charge in [0.05, 0.1) is 12.3 Å². The highest BCUT2D eigenvalue weighted by Gasteiger charge is 2.12. The Hall–Kier alpha value is -1.20. The number of aliphatic hydroxyl groups excluding tert-OH is 1. The fraction of sp³-hybridized carbons (Fsp3) is 0.556. The maximum absolute atomic E-state index is 8.94. The number of hydrogen-bond acceptors (Lipinski definition) is 5. The van der Waals surface area contributed by atoms with E-state index in [2.05, 4.69) is 20.2 Å². The van der Waals surface area contributed by atoms with Gasteiger partial charge in [0, 0.05) is 32.4 Å². The van der Waals surface area contributed by atoms with E-state index in [0.29, 0.717) is 5.69 Å².